The van der Waals surface area contributed by atoms with Crippen molar-refractivity contribution in [3.05, 3.63) is 33.9 Å². The van der Waals surface area contributed by atoms with Crippen molar-refractivity contribution in [3.63, 3.8) is 0 Å². The van der Waals surface area contributed by atoms with E-state index in [2.05, 4.69) is 10.6 Å². The molecule has 8 heteroatoms. The minimum absolute atomic E-state index is 0. The molecule has 1 fully saturated rings. The van der Waals surface area contributed by atoms with Crippen molar-refractivity contribution in [2.24, 2.45) is 5.92 Å². The summed E-state index contributed by atoms with van der Waals surface area (Å²) in [4.78, 5) is 22.3. The number of nitro benzene ring substituents is 1. The number of ether oxygens (including phenoxy) is 1. The number of amides is 1. The Morgan fingerprint density at radius 2 is 2.33 bits per heavy atom. The van der Waals surface area contributed by atoms with Crippen LogP contribution >= 0.6 is 12.4 Å². The van der Waals surface area contributed by atoms with Gasteiger partial charge in [0, 0.05) is 18.2 Å². The van der Waals surface area contributed by atoms with Crippen LogP contribution in [0.2, 0.25) is 0 Å². The number of halogens is 1. The third-order valence-electron chi connectivity index (χ3n) is 3.35. The summed E-state index contributed by atoms with van der Waals surface area (Å²) in [6.45, 7) is 2.43. The smallest absolute Gasteiger partial charge is 0.311 e. The van der Waals surface area contributed by atoms with Crippen LogP contribution < -0.4 is 15.4 Å². The van der Waals surface area contributed by atoms with Gasteiger partial charge in [-0.25, -0.2) is 0 Å². The first-order chi connectivity index (χ1) is 9.61. The van der Waals surface area contributed by atoms with Crippen molar-refractivity contribution < 1.29 is 14.5 Å². The average Bonchev–Trinajstić information content (AvgIpc) is 2.97. The molecule has 21 heavy (non-hydrogen) atoms. The number of nitrogens with zero attached hydrogens (tertiary/aromatic N) is 1. The van der Waals surface area contributed by atoms with Crippen LogP contribution in [0.5, 0.6) is 5.75 Å². The van der Waals surface area contributed by atoms with E-state index >= 15 is 0 Å². The Labute approximate surface area is 128 Å². The van der Waals surface area contributed by atoms with E-state index in [1.165, 1.54) is 25.3 Å². The molecule has 2 N–H and O–H groups in total. The summed E-state index contributed by atoms with van der Waals surface area (Å²) in [5.41, 5.74) is 0.0612. The molecule has 0 saturated carbocycles. The van der Waals surface area contributed by atoms with Gasteiger partial charge >= 0.3 is 5.69 Å². The summed E-state index contributed by atoms with van der Waals surface area (Å²) in [7, 11) is 1.36. The van der Waals surface area contributed by atoms with Crippen LogP contribution in [0.1, 0.15) is 16.8 Å². The summed E-state index contributed by atoms with van der Waals surface area (Å²) < 4.78 is 4.90. The van der Waals surface area contributed by atoms with E-state index in [9.17, 15) is 14.9 Å². The van der Waals surface area contributed by atoms with Gasteiger partial charge in [-0.1, -0.05) is 0 Å². The van der Waals surface area contributed by atoms with E-state index in [4.69, 9.17) is 4.74 Å². The molecule has 0 aliphatic carbocycles. The molecule has 0 aromatic heterocycles. The second kappa shape index (κ2) is 7.80. The van der Waals surface area contributed by atoms with Crippen molar-refractivity contribution in [2.45, 2.75) is 6.42 Å². The first kappa shape index (κ1) is 17.2. The van der Waals surface area contributed by atoms with E-state index in [0.29, 0.717) is 12.5 Å². The number of nitro groups is 1. The predicted molar refractivity (Wildman–Crippen MR) is 80.2 cm³/mol. The summed E-state index contributed by atoms with van der Waals surface area (Å²) in [5.74, 6) is 0.265. The third-order valence-corrected chi connectivity index (χ3v) is 3.35. The molecule has 1 atom stereocenters. The van der Waals surface area contributed by atoms with E-state index in [1.54, 1.807) is 0 Å². The quantitative estimate of drug-likeness (QED) is 0.632. The third kappa shape index (κ3) is 4.30. The van der Waals surface area contributed by atoms with Gasteiger partial charge in [-0.15, -0.1) is 12.4 Å². The second-order valence-corrected chi connectivity index (χ2v) is 4.71. The number of carbonyl (C=O) groups is 1. The standard InChI is InChI=1S/C13H17N3O4.ClH/c1-20-12-3-2-10(6-11(12)16(18)19)13(17)15-8-9-4-5-14-7-9;/h2-3,6,9,14H,4-5,7-8H2,1H3,(H,15,17);1H. The number of rotatable bonds is 5. The molecule has 1 aliphatic rings. The lowest BCUT2D eigenvalue weighted by Crippen LogP contribution is -2.30. The highest BCUT2D eigenvalue weighted by molar-refractivity contribution is 5.95. The number of hydrogen-bond acceptors (Lipinski definition) is 5. The Kier molecular flexibility index (Phi) is 6.39. The van der Waals surface area contributed by atoms with Gasteiger partial charge in [0.2, 0.25) is 0 Å². The Morgan fingerprint density at radius 1 is 1.57 bits per heavy atom. The van der Waals surface area contributed by atoms with Crippen LogP contribution in [0.25, 0.3) is 0 Å². The molecule has 0 bridgehead atoms. The number of nitrogens with one attached hydrogen (secondary N) is 2. The van der Waals surface area contributed by atoms with E-state index < -0.39 is 4.92 Å². The molecule has 7 nitrogen and oxygen atoms in total. The second-order valence-electron chi connectivity index (χ2n) is 4.71. The van der Waals surface area contributed by atoms with Crippen LogP contribution in [-0.4, -0.2) is 37.6 Å². The van der Waals surface area contributed by atoms with Crippen molar-refractivity contribution >= 4 is 24.0 Å². The normalized spacial score (nSPS) is 16.9. The number of methoxy groups -OCH3 is 1. The Balaban J connectivity index is 0.00000220. The van der Waals surface area contributed by atoms with Crippen molar-refractivity contribution in [1.29, 1.82) is 0 Å². The van der Waals surface area contributed by atoms with Crippen molar-refractivity contribution in [3.8, 4) is 5.75 Å². The van der Waals surface area contributed by atoms with Crippen molar-refractivity contribution in [2.75, 3.05) is 26.7 Å². The van der Waals surface area contributed by atoms with Crippen LogP contribution in [0, 0.1) is 16.0 Å². The molecule has 2 rings (SSSR count). The van der Waals surface area contributed by atoms with Crippen LogP contribution in [-0.2, 0) is 0 Å². The maximum atomic E-state index is 12.0. The van der Waals surface area contributed by atoms with Gasteiger partial charge in [-0.3, -0.25) is 14.9 Å². The fraction of sp³-hybridized carbons (Fsp3) is 0.462. The molecule has 116 valence electrons. The topological polar surface area (TPSA) is 93.5 Å². The molecule has 1 saturated heterocycles. The largest absolute Gasteiger partial charge is 0.490 e. The average molecular weight is 316 g/mol. The molecule has 1 heterocycles. The molecule has 1 aromatic carbocycles. The minimum Gasteiger partial charge on any atom is -0.490 e. The van der Waals surface area contributed by atoms with E-state index in [-0.39, 0.29) is 35.3 Å². The monoisotopic (exact) mass is 315 g/mol. The van der Waals surface area contributed by atoms with Gasteiger partial charge in [0.25, 0.3) is 5.91 Å². The SMILES string of the molecule is COc1ccc(C(=O)NCC2CCNC2)cc1[N+](=O)[O-].Cl. The summed E-state index contributed by atoms with van der Waals surface area (Å²) >= 11 is 0. The molecule has 1 aliphatic heterocycles. The van der Waals surface area contributed by atoms with Gasteiger partial charge < -0.3 is 15.4 Å². The summed E-state index contributed by atoms with van der Waals surface area (Å²) in [5, 5.41) is 16.9. The highest BCUT2D eigenvalue weighted by Gasteiger charge is 2.19. The Bertz CT molecular complexity index is 518. The van der Waals surface area contributed by atoms with Crippen LogP contribution in [0.3, 0.4) is 0 Å². The fourth-order valence-corrected chi connectivity index (χ4v) is 2.20. The lowest BCUT2D eigenvalue weighted by atomic mass is 10.1. The summed E-state index contributed by atoms with van der Waals surface area (Å²) in [6, 6.07) is 4.19. The van der Waals surface area contributed by atoms with Gasteiger partial charge in [-0.05, 0) is 37.6 Å². The van der Waals surface area contributed by atoms with Crippen LogP contribution in [0.4, 0.5) is 5.69 Å². The lowest BCUT2D eigenvalue weighted by molar-refractivity contribution is -0.385. The van der Waals surface area contributed by atoms with E-state index in [0.717, 1.165) is 19.5 Å². The number of hydrogen-bond donors (Lipinski definition) is 2. The van der Waals surface area contributed by atoms with E-state index in [1.807, 2.05) is 0 Å². The summed E-state index contributed by atoms with van der Waals surface area (Å²) in [6.07, 6.45) is 1.03. The lowest BCUT2D eigenvalue weighted by Gasteiger charge is -2.10. The van der Waals surface area contributed by atoms with Crippen LogP contribution in [0.15, 0.2) is 18.2 Å². The predicted octanol–water partition coefficient (Wildman–Crippen LogP) is 1.36. The molecule has 1 unspecified atom stereocenters. The van der Waals surface area contributed by atoms with Gasteiger partial charge in [0.15, 0.2) is 5.75 Å². The minimum atomic E-state index is -0.559. The first-order valence-electron chi connectivity index (χ1n) is 6.43. The Hall–Kier alpha value is -1.86. The zero-order valence-electron chi connectivity index (χ0n) is 11.6. The molecular formula is C13H18ClN3O4. The molecule has 0 radical (unpaired) electrons. The van der Waals surface area contributed by atoms with Crippen molar-refractivity contribution in [1.82, 2.24) is 10.6 Å². The Morgan fingerprint density at radius 3 is 2.90 bits per heavy atom. The first-order valence-corrected chi connectivity index (χ1v) is 6.43. The maximum Gasteiger partial charge on any atom is 0.311 e. The van der Waals surface area contributed by atoms with Gasteiger partial charge in [0.1, 0.15) is 0 Å². The van der Waals surface area contributed by atoms with Gasteiger partial charge in [0.05, 0.1) is 12.0 Å². The highest BCUT2D eigenvalue weighted by atomic mass is 35.5. The maximum absolute atomic E-state index is 12.0. The number of benzene rings is 1. The molecule has 0 spiro atoms. The number of carbonyl (C=O) groups excluding carboxylic acids is 1. The molecule has 1 amide bonds. The molecule has 1 aromatic rings. The highest BCUT2D eigenvalue weighted by Crippen LogP contribution is 2.27. The molecular weight excluding hydrogens is 298 g/mol. The zero-order chi connectivity index (χ0) is 14.5. The zero-order valence-corrected chi connectivity index (χ0v) is 12.4. The van der Waals surface area contributed by atoms with Gasteiger partial charge in [-0.2, -0.15) is 0 Å². The fourth-order valence-electron chi connectivity index (χ4n) is 2.20.